The van der Waals surface area contributed by atoms with Crippen molar-refractivity contribution in [1.82, 2.24) is 4.98 Å². The van der Waals surface area contributed by atoms with Gasteiger partial charge in [-0.15, -0.1) is 0 Å². The van der Waals surface area contributed by atoms with E-state index < -0.39 is 0 Å². The smallest absolute Gasteiger partial charge is 0.158 e. The van der Waals surface area contributed by atoms with Gasteiger partial charge in [0.2, 0.25) is 0 Å². The van der Waals surface area contributed by atoms with Gasteiger partial charge in [-0.2, -0.15) is 12.6 Å². The molecule has 1 aromatic carbocycles. The third-order valence-corrected chi connectivity index (χ3v) is 4.24. The van der Waals surface area contributed by atoms with Gasteiger partial charge in [-0.25, -0.2) is 4.98 Å². The van der Waals surface area contributed by atoms with Gasteiger partial charge in [0.05, 0.1) is 15.2 Å². The van der Waals surface area contributed by atoms with Crippen LogP contribution in [0.1, 0.15) is 12.8 Å². The lowest BCUT2D eigenvalue weighted by Crippen LogP contribution is -2.01. The Balaban J connectivity index is 2.38. The summed E-state index contributed by atoms with van der Waals surface area (Å²) in [6, 6.07) is 5.48. The summed E-state index contributed by atoms with van der Waals surface area (Å²) in [6.45, 7) is 0.640. The van der Waals surface area contributed by atoms with E-state index in [1.54, 1.807) is 6.07 Å². The Morgan fingerprint density at radius 3 is 2.79 bits per heavy atom. The summed E-state index contributed by atoms with van der Waals surface area (Å²) in [6.07, 6.45) is 1.99. The molecule has 0 aliphatic rings. The van der Waals surface area contributed by atoms with Crippen LogP contribution in [0.3, 0.4) is 0 Å². The Kier molecular flexibility index (Phi) is 5.87. The van der Waals surface area contributed by atoms with Crippen molar-refractivity contribution in [1.29, 1.82) is 0 Å². The first-order chi connectivity index (χ1) is 9.13. The highest BCUT2D eigenvalue weighted by Crippen LogP contribution is 2.35. The fourth-order valence-corrected chi connectivity index (χ4v) is 3.23. The number of benzene rings is 1. The van der Waals surface area contributed by atoms with Gasteiger partial charge in [0.1, 0.15) is 10.7 Å². The molecule has 0 amide bonds. The van der Waals surface area contributed by atoms with E-state index in [1.165, 1.54) is 0 Å². The van der Waals surface area contributed by atoms with Gasteiger partial charge in [0.25, 0.3) is 0 Å². The van der Waals surface area contributed by atoms with E-state index in [0.29, 0.717) is 16.8 Å². The molecule has 0 saturated heterocycles. The number of nitrogens with zero attached hydrogens (tertiary/aromatic N) is 1. The largest absolute Gasteiger partial charge is 0.490 e. The highest BCUT2D eigenvalue weighted by molar-refractivity contribution is 14.1. The Labute approximate surface area is 141 Å². The molecule has 0 N–H and O–H groups in total. The maximum Gasteiger partial charge on any atom is 0.158 e. The summed E-state index contributed by atoms with van der Waals surface area (Å²) in [5.41, 5.74) is 0.718. The van der Waals surface area contributed by atoms with E-state index in [9.17, 15) is 0 Å². The minimum Gasteiger partial charge on any atom is -0.490 e. The maximum absolute atomic E-state index is 6.22. The molecule has 0 unspecified atom stereocenters. The Morgan fingerprint density at radius 1 is 1.26 bits per heavy atom. The van der Waals surface area contributed by atoms with Crippen molar-refractivity contribution in [3.63, 3.8) is 0 Å². The normalized spacial score (nSPS) is 10.9. The van der Waals surface area contributed by atoms with Crippen LogP contribution in [0.5, 0.6) is 5.75 Å². The van der Waals surface area contributed by atoms with E-state index in [4.69, 9.17) is 27.9 Å². The minimum atomic E-state index is 0.436. The third-order valence-electron chi connectivity index (χ3n) is 2.60. The highest BCUT2D eigenvalue weighted by atomic mass is 127. The number of rotatable bonds is 5. The molecule has 2 rings (SSSR count). The van der Waals surface area contributed by atoms with Gasteiger partial charge >= 0.3 is 0 Å². The molecule has 1 heterocycles. The van der Waals surface area contributed by atoms with Crippen molar-refractivity contribution in [2.75, 3.05) is 12.4 Å². The second kappa shape index (κ2) is 7.20. The predicted molar refractivity (Wildman–Crippen MR) is 93.1 cm³/mol. The molecule has 0 atom stereocenters. The van der Waals surface area contributed by atoms with Gasteiger partial charge in [0, 0.05) is 5.39 Å². The van der Waals surface area contributed by atoms with E-state index >= 15 is 0 Å². The summed E-state index contributed by atoms with van der Waals surface area (Å²) < 4.78 is 6.78. The first kappa shape index (κ1) is 15.5. The van der Waals surface area contributed by atoms with Crippen molar-refractivity contribution in [2.24, 2.45) is 0 Å². The average Bonchev–Trinajstić information content (AvgIpc) is 2.37. The molecule has 0 aliphatic heterocycles. The summed E-state index contributed by atoms with van der Waals surface area (Å²) >= 11 is 18.6. The summed E-state index contributed by atoms with van der Waals surface area (Å²) in [7, 11) is 0. The fraction of sp³-hybridized carbons (Fsp3) is 0.308. The number of ether oxygens (including phenoxy) is 1. The number of halogens is 3. The van der Waals surface area contributed by atoms with Crippen LogP contribution in [0.2, 0.25) is 10.2 Å². The van der Waals surface area contributed by atoms with Gasteiger partial charge in [-0.1, -0.05) is 23.2 Å². The van der Waals surface area contributed by atoms with Crippen molar-refractivity contribution in [2.45, 2.75) is 12.8 Å². The van der Waals surface area contributed by atoms with Crippen molar-refractivity contribution < 1.29 is 4.74 Å². The topological polar surface area (TPSA) is 22.1 Å². The number of hydrogen-bond acceptors (Lipinski definition) is 3. The van der Waals surface area contributed by atoms with Crippen molar-refractivity contribution in [3.05, 3.63) is 31.9 Å². The first-order valence-corrected chi connectivity index (χ1v) is 8.28. The SMILES string of the molecule is SCCCCOc1c(I)cc(Cl)c2ccc(Cl)nc12. The van der Waals surface area contributed by atoms with Crippen LogP contribution < -0.4 is 4.74 Å². The van der Waals surface area contributed by atoms with Crippen LogP contribution in [0, 0.1) is 3.57 Å². The zero-order chi connectivity index (χ0) is 13.8. The number of unbranched alkanes of at least 4 members (excludes halogenated alkanes) is 1. The average molecular weight is 428 g/mol. The molecule has 0 radical (unpaired) electrons. The number of thiol groups is 1. The molecular formula is C13H12Cl2INOS. The van der Waals surface area contributed by atoms with Crippen molar-refractivity contribution >= 4 is 69.3 Å². The van der Waals surface area contributed by atoms with Crippen LogP contribution >= 0.6 is 58.4 Å². The first-order valence-electron chi connectivity index (χ1n) is 5.81. The van der Waals surface area contributed by atoms with Gasteiger partial charge in [-0.3, -0.25) is 0 Å². The van der Waals surface area contributed by atoms with Crippen LogP contribution in [0.15, 0.2) is 18.2 Å². The van der Waals surface area contributed by atoms with Gasteiger partial charge in [0.15, 0.2) is 5.75 Å². The zero-order valence-electron chi connectivity index (χ0n) is 10.00. The number of hydrogen-bond donors (Lipinski definition) is 1. The van der Waals surface area contributed by atoms with Crippen molar-refractivity contribution in [3.8, 4) is 5.75 Å². The molecule has 2 nitrogen and oxygen atoms in total. The van der Waals surface area contributed by atoms with E-state index in [1.807, 2.05) is 12.1 Å². The lowest BCUT2D eigenvalue weighted by Gasteiger charge is -2.12. The quantitative estimate of drug-likeness (QED) is 0.305. The van der Waals surface area contributed by atoms with Gasteiger partial charge in [-0.05, 0) is 59.4 Å². The molecule has 0 fully saturated rings. The molecule has 0 spiro atoms. The Hall–Kier alpha value is 0.0900. The number of pyridine rings is 1. The predicted octanol–water partition coefficient (Wildman–Crippen LogP) is 5.24. The standard InChI is InChI=1S/C13H12Cl2INOS/c14-9-7-10(16)13(18-5-1-2-6-19)12-8(9)3-4-11(15)17-12/h3-4,7,19H,1-2,5-6H2. The van der Waals surface area contributed by atoms with Crippen LogP contribution in [0.25, 0.3) is 10.9 Å². The molecule has 6 heteroatoms. The molecular weight excluding hydrogens is 416 g/mol. The second-order valence-corrected chi connectivity index (χ2v) is 6.38. The molecule has 1 aromatic heterocycles. The van der Waals surface area contributed by atoms with E-state index in [0.717, 1.165) is 38.8 Å². The van der Waals surface area contributed by atoms with Gasteiger partial charge < -0.3 is 4.74 Å². The number of aromatic nitrogens is 1. The third kappa shape index (κ3) is 3.80. The monoisotopic (exact) mass is 427 g/mol. The number of fused-ring (bicyclic) bond motifs is 1. The maximum atomic E-state index is 6.22. The zero-order valence-corrected chi connectivity index (χ0v) is 14.6. The highest BCUT2D eigenvalue weighted by Gasteiger charge is 2.13. The van der Waals surface area contributed by atoms with E-state index in [2.05, 4.69) is 40.2 Å². The van der Waals surface area contributed by atoms with Crippen LogP contribution in [0.4, 0.5) is 0 Å². The Morgan fingerprint density at radius 2 is 2.05 bits per heavy atom. The Bertz CT molecular complexity index is 594. The molecule has 0 saturated carbocycles. The summed E-state index contributed by atoms with van der Waals surface area (Å²) in [5, 5.41) is 1.95. The molecule has 0 bridgehead atoms. The lowest BCUT2D eigenvalue weighted by atomic mass is 10.2. The summed E-state index contributed by atoms with van der Waals surface area (Å²) in [4.78, 5) is 4.33. The van der Waals surface area contributed by atoms with Crippen LogP contribution in [-0.4, -0.2) is 17.3 Å². The molecule has 102 valence electrons. The molecule has 2 aromatic rings. The van der Waals surface area contributed by atoms with E-state index in [-0.39, 0.29) is 0 Å². The lowest BCUT2D eigenvalue weighted by molar-refractivity contribution is 0.311. The minimum absolute atomic E-state index is 0.436. The molecule has 0 aliphatic carbocycles. The second-order valence-electron chi connectivity index (χ2n) is 3.98. The van der Waals surface area contributed by atoms with Crippen LogP contribution in [-0.2, 0) is 0 Å². The molecule has 19 heavy (non-hydrogen) atoms. The summed E-state index contributed by atoms with van der Waals surface area (Å²) in [5.74, 6) is 1.62. The fourth-order valence-electron chi connectivity index (χ4n) is 1.69.